The number of hydrogen-bond donors (Lipinski definition) is 4. The van der Waals surface area contributed by atoms with Gasteiger partial charge in [-0.3, -0.25) is 14.4 Å². The number of thiophene rings is 1. The Morgan fingerprint density at radius 3 is 2.40 bits per heavy atom. The molecule has 0 saturated heterocycles. The Balaban J connectivity index is 1.15. The predicted molar refractivity (Wildman–Crippen MR) is 220 cm³/mol. The zero-order valence-electron chi connectivity index (χ0n) is 30.2. The van der Waals surface area contributed by atoms with E-state index in [9.17, 15) is 19.2 Å². The first-order chi connectivity index (χ1) is 26.9. The van der Waals surface area contributed by atoms with Gasteiger partial charge < -0.3 is 25.7 Å². The lowest BCUT2D eigenvalue weighted by Gasteiger charge is -2.18. The summed E-state index contributed by atoms with van der Waals surface area (Å²) in [6.45, 7) is 2.02. The molecule has 2 aromatic heterocycles. The van der Waals surface area contributed by atoms with Gasteiger partial charge in [0.1, 0.15) is 15.9 Å². The van der Waals surface area contributed by atoms with Gasteiger partial charge in [0.2, 0.25) is 5.91 Å². The first-order valence-electron chi connectivity index (χ1n) is 18.3. The molecule has 0 bridgehead atoms. The molecule has 7 rings (SSSR count). The van der Waals surface area contributed by atoms with Crippen molar-refractivity contribution in [3.05, 3.63) is 154 Å². The molecule has 3 amide bonds. The van der Waals surface area contributed by atoms with E-state index >= 15 is 0 Å². The van der Waals surface area contributed by atoms with E-state index in [2.05, 4.69) is 20.9 Å². The Hall–Kier alpha value is -5.91. The summed E-state index contributed by atoms with van der Waals surface area (Å²) in [4.78, 5) is 59.8. The maximum atomic E-state index is 14.2. The number of aryl methyl sites for hydroxylation is 1. The van der Waals surface area contributed by atoms with Crippen molar-refractivity contribution in [3.63, 3.8) is 0 Å². The van der Waals surface area contributed by atoms with Crippen molar-refractivity contribution < 1.29 is 23.9 Å². The SMILES string of the molecule is CCOC(=O)c1c(NC(=O)C(Sc2cccc(NC(=O)/C(=C/c3c[nH]c4ccccc34)NC(=O)c3ccccc3)c2)c2ccccc2)sc2c1CCCCC2. The van der Waals surface area contributed by atoms with Crippen LogP contribution in [0.2, 0.25) is 0 Å². The van der Waals surface area contributed by atoms with Gasteiger partial charge >= 0.3 is 5.97 Å². The summed E-state index contributed by atoms with van der Waals surface area (Å²) in [6.07, 6.45) is 8.21. The second kappa shape index (κ2) is 17.5. The van der Waals surface area contributed by atoms with Crippen LogP contribution in [0.4, 0.5) is 10.7 Å². The lowest BCUT2D eigenvalue weighted by Crippen LogP contribution is -2.30. The number of nitrogens with one attached hydrogen (secondary N) is 4. The maximum absolute atomic E-state index is 14.2. The first kappa shape index (κ1) is 37.4. The molecular formula is C44H40N4O5S2. The second-order valence-electron chi connectivity index (χ2n) is 13.0. The van der Waals surface area contributed by atoms with E-state index in [4.69, 9.17) is 4.74 Å². The van der Waals surface area contributed by atoms with Crippen molar-refractivity contribution in [2.75, 3.05) is 17.2 Å². The summed E-state index contributed by atoms with van der Waals surface area (Å²) in [5.41, 5.74) is 4.83. The highest BCUT2D eigenvalue weighted by atomic mass is 32.2. The molecule has 0 spiro atoms. The molecule has 6 aromatic rings. The number of carbonyl (C=O) groups is 4. The number of esters is 1. The number of benzene rings is 4. The third-order valence-electron chi connectivity index (χ3n) is 9.27. The van der Waals surface area contributed by atoms with Gasteiger partial charge in [-0.1, -0.05) is 79.2 Å². The van der Waals surface area contributed by atoms with Crippen molar-refractivity contribution >= 4 is 74.5 Å². The summed E-state index contributed by atoms with van der Waals surface area (Å²) >= 11 is 2.80. The molecular weight excluding hydrogens is 729 g/mol. The van der Waals surface area contributed by atoms with Crippen molar-refractivity contribution in [1.29, 1.82) is 0 Å². The van der Waals surface area contributed by atoms with Crippen LogP contribution in [-0.4, -0.2) is 35.3 Å². The van der Waals surface area contributed by atoms with Crippen molar-refractivity contribution in [3.8, 4) is 0 Å². The van der Waals surface area contributed by atoms with Gasteiger partial charge in [-0.15, -0.1) is 23.1 Å². The van der Waals surface area contributed by atoms with Crippen LogP contribution >= 0.6 is 23.1 Å². The topological polar surface area (TPSA) is 129 Å². The Kier molecular flexibility index (Phi) is 11.9. The van der Waals surface area contributed by atoms with E-state index in [0.29, 0.717) is 21.8 Å². The summed E-state index contributed by atoms with van der Waals surface area (Å²) in [5, 5.41) is 9.60. The van der Waals surface area contributed by atoms with Crippen LogP contribution in [0.3, 0.4) is 0 Å². The standard InChI is InChI=1S/C44H40N4O5S2/c1-2-53-44(52)38-34-22-10-5-11-24-37(34)55-43(38)48-42(51)39(28-15-6-3-7-16-28)54-32-20-14-19-31(26-32)46-41(50)36(47-40(49)29-17-8-4-9-18-29)25-30-27-45-35-23-13-12-21-33(30)35/h3-4,6-9,12-21,23,25-27,39,45H,2,5,10-11,22,24H2,1H3,(H,46,50)(H,47,49)(H,48,51)/b36-25-. The monoisotopic (exact) mass is 768 g/mol. The number of H-pyrrole nitrogens is 1. The average molecular weight is 769 g/mol. The number of hydrogen-bond acceptors (Lipinski definition) is 7. The number of amides is 3. The molecule has 1 aliphatic rings. The molecule has 1 unspecified atom stereocenters. The Labute approximate surface area is 327 Å². The first-order valence-corrected chi connectivity index (χ1v) is 20.0. The molecule has 0 radical (unpaired) electrons. The normalized spacial score (nSPS) is 13.3. The van der Waals surface area contributed by atoms with Crippen LogP contribution in [0.5, 0.6) is 0 Å². The van der Waals surface area contributed by atoms with Gasteiger partial charge in [-0.25, -0.2) is 4.79 Å². The fourth-order valence-electron chi connectivity index (χ4n) is 6.62. The number of fused-ring (bicyclic) bond motifs is 2. The Morgan fingerprint density at radius 1 is 0.855 bits per heavy atom. The molecule has 2 heterocycles. The minimum atomic E-state index is -0.688. The van der Waals surface area contributed by atoms with Gasteiger partial charge in [-0.2, -0.15) is 0 Å². The number of anilines is 2. The number of ether oxygens (including phenoxy) is 1. The third kappa shape index (κ3) is 8.91. The minimum absolute atomic E-state index is 0.0601. The van der Waals surface area contributed by atoms with Gasteiger partial charge in [0, 0.05) is 43.7 Å². The molecule has 4 N–H and O–H groups in total. The van der Waals surface area contributed by atoms with Crippen LogP contribution in [0.25, 0.3) is 17.0 Å². The fourth-order valence-corrected chi connectivity index (χ4v) is 8.98. The van der Waals surface area contributed by atoms with Crippen molar-refractivity contribution in [2.24, 2.45) is 0 Å². The number of para-hydroxylation sites is 1. The molecule has 1 aliphatic carbocycles. The Bertz CT molecular complexity index is 2370. The Morgan fingerprint density at radius 2 is 1.60 bits per heavy atom. The van der Waals surface area contributed by atoms with Crippen LogP contribution in [-0.2, 0) is 27.2 Å². The fraction of sp³-hybridized carbons (Fsp3) is 0.182. The zero-order valence-corrected chi connectivity index (χ0v) is 31.9. The van der Waals surface area contributed by atoms with Crippen LogP contribution in [0, 0.1) is 0 Å². The van der Waals surface area contributed by atoms with Crippen LogP contribution in [0.1, 0.15) is 73.7 Å². The molecule has 0 fully saturated rings. The third-order valence-corrected chi connectivity index (χ3v) is 11.7. The van der Waals surface area contributed by atoms with E-state index in [1.165, 1.54) is 23.1 Å². The lowest BCUT2D eigenvalue weighted by molar-refractivity contribution is -0.116. The highest BCUT2D eigenvalue weighted by molar-refractivity contribution is 8.00. The second-order valence-corrected chi connectivity index (χ2v) is 15.3. The van der Waals surface area contributed by atoms with Gasteiger partial charge in [-0.05, 0) is 86.2 Å². The van der Waals surface area contributed by atoms with E-state index in [1.54, 1.807) is 61.7 Å². The number of aromatic amines is 1. The molecule has 1 atom stereocenters. The number of aromatic nitrogens is 1. The molecule has 11 heteroatoms. The van der Waals surface area contributed by atoms with Gasteiger partial charge in [0.25, 0.3) is 11.8 Å². The number of rotatable bonds is 12. The largest absolute Gasteiger partial charge is 0.462 e. The predicted octanol–water partition coefficient (Wildman–Crippen LogP) is 9.56. The smallest absolute Gasteiger partial charge is 0.341 e. The van der Waals surface area contributed by atoms with E-state index < -0.39 is 23.0 Å². The van der Waals surface area contributed by atoms with Crippen LogP contribution < -0.4 is 16.0 Å². The summed E-state index contributed by atoms with van der Waals surface area (Å²) < 4.78 is 5.46. The minimum Gasteiger partial charge on any atom is -0.462 e. The summed E-state index contributed by atoms with van der Waals surface area (Å²) in [5.74, 6) is -1.63. The zero-order chi connectivity index (χ0) is 38.1. The maximum Gasteiger partial charge on any atom is 0.341 e. The van der Waals surface area contributed by atoms with E-state index in [-0.39, 0.29) is 18.2 Å². The van der Waals surface area contributed by atoms with Crippen molar-refractivity contribution in [1.82, 2.24) is 10.3 Å². The van der Waals surface area contributed by atoms with Crippen molar-refractivity contribution in [2.45, 2.75) is 49.2 Å². The molecule has 55 heavy (non-hydrogen) atoms. The van der Waals surface area contributed by atoms with Gasteiger partial charge in [0.15, 0.2) is 0 Å². The number of thioether (sulfide) groups is 1. The molecule has 4 aromatic carbocycles. The van der Waals surface area contributed by atoms with Gasteiger partial charge in [0.05, 0.1) is 12.2 Å². The van der Waals surface area contributed by atoms with Crippen LogP contribution in [0.15, 0.2) is 126 Å². The summed E-state index contributed by atoms with van der Waals surface area (Å²) in [6, 6.07) is 33.1. The average Bonchev–Trinajstić information content (AvgIpc) is 3.69. The molecule has 0 saturated carbocycles. The number of carbonyl (C=O) groups excluding carboxylic acids is 4. The molecule has 278 valence electrons. The molecule has 0 aliphatic heterocycles. The highest BCUT2D eigenvalue weighted by Crippen LogP contribution is 2.41. The van der Waals surface area contributed by atoms with E-state index in [1.807, 2.05) is 66.7 Å². The summed E-state index contributed by atoms with van der Waals surface area (Å²) in [7, 11) is 0. The quantitative estimate of drug-likeness (QED) is 0.0425. The highest BCUT2D eigenvalue weighted by Gasteiger charge is 2.30. The lowest BCUT2D eigenvalue weighted by atomic mass is 10.1. The van der Waals surface area contributed by atoms with E-state index in [0.717, 1.165) is 69.5 Å². The molecule has 9 nitrogen and oxygen atoms in total.